The molecule has 0 saturated carbocycles. The number of rotatable bonds is 7. The quantitative estimate of drug-likeness (QED) is 0.447. The second-order valence-electron chi connectivity index (χ2n) is 5.48. The molecule has 0 atom stereocenters. The van der Waals surface area contributed by atoms with E-state index in [1.165, 1.54) is 11.3 Å². The van der Waals surface area contributed by atoms with Crippen molar-refractivity contribution in [2.75, 3.05) is 11.9 Å². The number of nitrogens with one attached hydrogen (secondary N) is 1. The smallest absolute Gasteiger partial charge is 0.226 e. The summed E-state index contributed by atoms with van der Waals surface area (Å²) in [6.45, 7) is 0.419. The monoisotopic (exact) mass is 450 g/mol. The van der Waals surface area contributed by atoms with E-state index in [0.29, 0.717) is 35.4 Å². The fourth-order valence-corrected chi connectivity index (χ4v) is 3.73. The van der Waals surface area contributed by atoms with E-state index in [0.717, 1.165) is 15.7 Å². The number of carbonyl (C=O) groups excluding carboxylic acids is 1. The number of hydrogen-bond donors (Lipinski definition) is 1. The number of thiazole rings is 1. The maximum Gasteiger partial charge on any atom is 0.226 e. The first-order valence-electron chi connectivity index (χ1n) is 8.00. The highest BCUT2D eigenvalue weighted by molar-refractivity contribution is 9.10. The summed E-state index contributed by atoms with van der Waals surface area (Å²) in [5, 5.41) is 5.91. The molecule has 0 spiro atoms. The third-order valence-corrected chi connectivity index (χ3v) is 5.07. The summed E-state index contributed by atoms with van der Waals surface area (Å²) in [5.74, 6) is 0.534. The van der Waals surface area contributed by atoms with Gasteiger partial charge < -0.3 is 10.1 Å². The Kier molecular flexibility index (Phi) is 6.66. The first kappa shape index (κ1) is 18.9. The zero-order valence-corrected chi connectivity index (χ0v) is 16.9. The Bertz CT molecular complexity index is 886. The van der Waals surface area contributed by atoms with Crippen molar-refractivity contribution in [1.29, 1.82) is 0 Å². The van der Waals surface area contributed by atoms with Crippen molar-refractivity contribution >= 4 is 49.9 Å². The summed E-state index contributed by atoms with van der Waals surface area (Å²) in [4.78, 5) is 16.5. The van der Waals surface area contributed by atoms with E-state index < -0.39 is 0 Å². The van der Waals surface area contributed by atoms with Crippen molar-refractivity contribution in [2.24, 2.45) is 0 Å². The lowest BCUT2D eigenvalue weighted by atomic mass is 10.2. The number of ether oxygens (including phenoxy) is 1. The van der Waals surface area contributed by atoms with Gasteiger partial charge in [0, 0.05) is 21.8 Å². The molecule has 1 aromatic heterocycles. The lowest BCUT2D eigenvalue weighted by molar-refractivity contribution is -0.116. The van der Waals surface area contributed by atoms with Gasteiger partial charge in [-0.3, -0.25) is 4.79 Å². The average Bonchev–Trinajstić information content (AvgIpc) is 3.09. The van der Waals surface area contributed by atoms with Crippen molar-refractivity contribution in [2.45, 2.75) is 12.8 Å². The molecule has 1 N–H and O–H groups in total. The molecule has 2 aromatic carbocycles. The van der Waals surface area contributed by atoms with Gasteiger partial charge in [-0.1, -0.05) is 57.9 Å². The summed E-state index contributed by atoms with van der Waals surface area (Å²) in [5.41, 5.74) is 1.89. The van der Waals surface area contributed by atoms with Crippen molar-refractivity contribution < 1.29 is 9.53 Å². The highest BCUT2D eigenvalue weighted by Crippen LogP contribution is 2.28. The molecule has 0 radical (unpaired) electrons. The van der Waals surface area contributed by atoms with Crippen molar-refractivity contribution in [3.8, 4) is 17.0 Å². The van der Waals surface area contributed by atoms with Gasteiger partial charge in [0.05, 0.1) is 17.3 Å². The van der Waals surface area contributed by atoms with Crippen molar-refractivity contribution in [3.63, 3.8) is 0 Å². The van der Waals surface area contributed by atoms with Crippen LogP contribution in [0.1, 0.15) is 12.8 Å². The van der Waals surface area contributed by atoms with E-state index in [1.54, 1.807) is 12.1 Å². The molecular formula is C19H16BrClN2O2S. The predicted molar refractivity (Wildman–Crippen MR) is 110 cm³/mol. The maximum atomic E-state index is 12.0. The molecule has 0 bridgehead atoms. The number of aromatic nitrogens is 1. The van der Waals surface area contributed by atoms with E-state index in [-0.39, 0.29) is 5.91 Å². The number of nitrogens with zero attached hydrogens (tertiary/aromatic N) is 1. The molecule has 134 valence electrons. The fourth-order valence-electron chi connectivity index (χ4n) is 2.26. The standard InChI is InChI=1S/C19H16BrClN2O2S/c20-14-8-9-17(15(21)11-14)25-10-4-7-18(24)23-19-22-16(12-26-19)13-5-2-1-3-6-13/h1-3,5-6,8-9,11-12H,4,7,10H2,(H,22,23,24). The van der Waals surface area contributed by atoms with Crippen molar-refractivity contribution in [1.82, 2.24) is 4.98 Å². The Morgan fingerprint density at radius 1 is 1.23 bits per heavy atom. The molecule has 26 heavy (non-hydrogen) atoms. The van der Waals surface area contributed by atoms with Gasteiger partial charge in [-0.25, -0.2) is 4.98 Å². The molecule has 7 heteroatoms. The molecular weight excluding hydrogens is 436 g/mol. The average molecular weight is 452 g/mol. The molecule has 4 nitrogen and oxygen atoms in total. The Morgan fingerprint density at radius 3 is 2.81 bits per heavy atom. The molecule has 0 unspecified atom stereocenters. The Labute approximate surface area is 169 Å². The van der Waals surface area contributed by atoms with Gasteiger partial charge in [0.2, 0.25) is 5.91 Å². The second-order valence-corrected chi connectivity index (χ2v) is 7.66. The third-order valence-electron chi connectivity index (χ3n) is 3.52. The summed E-state index contributed by atoms with van der Waals surface area (Å²) >= 11 is 10.9. The molecule has 0 fully saturated rings. The highest BCUT2D eigenvalue weighted by atomic mass is 79.9. The van der Waals surface area contributed by atoms with E-state index in [9.17, 15) is 4.79 Å². The first-order valence-corrected chi connectivity index (χ1v) is 10.1. The normalized spacial score (nSPS) is 10.5. The van der Waals surface area contributed by atoms with Crippen LogP contribution in [0.15, 0.2) is 58.4 Å². The number of carbonyl (C=O) groups is 1. The van der Waals surface area contributed by atoms with Crippen LogP contribution in [0.2, 0.25) is 5.02 Å². The number of benzene rings is 2. The van der Waals surface area contributed by atoms with E-state index in [1.807, 2.05) is 41.8 Å². The molecule has 0 saturated heterocycles. The molecule has 1 amide bonds. The van der Waals surface area contributed by atoms with E-state index >= 15 is 0 Å². The van der Waals surface area contributed by atoms with Crippen LogP contribution in [0, 0.1) is 0 Å². The first-order chi connectivity index (χ1) is 12.6. The molecule has 0 aliphatic heterocycles. The number of halogens is 2. The van der Waals surface area contributed by atoms with Crippen LogP contribution < -0.4 is 10.1 Å². The zero-order valence-electron chi connectivity index (χ0n) is 13.7. The van der Waals surface area contributed by atoms with Crippen LogP contribution in [0.5, 0.6) is 5.75 Å². The molecule has 0 aliphatic rings. The van der Waals surface area contributed by atoms with E-state index in [2.05, 4.69) is 26.2 Å². The maximum absolute atomic E-state index is 12.0. The summed E-state index contributed by atoms with van der Waals surface area (Å²) < 4.78 is 6.50. The van der Waals surface area contributed by atoms with Gasteiger partial charge in [-0.2, -0.15) is 0 Å². The van der Waals surface area contributed by atoms with Crippen LogP contribution in [0.4, 0.5) is 5.13 Å². The van der Waals surface area contributed by atoms with Crippen LogP contribution in [0.25, 0.3) is 11.3 Å². The predicted octanol–water partition coefficient (Wildman–Crippen LogP) is 6.02. The SMILES string of the molecule is O=C(CCCOc1ccc(Br)cc1Cl)Nc1nc(-c2ccccc2)cs1. The third kappa shape index (κ3) is 5.30. The minimum atomic E-state index is -0.0792. The van der Waals surface area contributed by atoms with Crippen molar-refractivity contribution in [3.05, 3.63) is 63.4 Å². The largest absolute Gasteiger partial charge is 0.492 e. The minimum absolute atomic E-state index is 0.0792. The van der Waals surface area contributed by atoms with Crippen LogP contribution in [-0.4, -0.2) is 17.5 Å². The fraction of sp³-hybridized carbons (Fsp3) is 0.158. The molecule has 3 aromatic rings. The molecule has 3 rings (SSSR count). The van der Waals surface area contributed by atoms with Gasteiger partial charge >= 0.3 is 0 Å². The Morgan fingerprint density at radius 2 is 2.04 bits per heavy atom. The van der Waals surface area contributed by atoms with E-state index in [4.69, 9.17) is 16.3 Å². The number of anilines is 1. The molecule has 1 heterocycles. The van der Waals surface area contributed by atoms with Gasteiger partial charge in [0.25, 0.3) is 0 Å². The van der Waals surface area contributed by atoms with Crippen LogP contribution in [-0.2, 0) is 4.79 Å². The Hall–Kier alpha value is -1.89. The highest BCUT2D eigenvalue weighted by Gasteiger charge is 2.08. The van der Waals surface area contributed by atoms with Crippen LogP contribution >= 0.6 is 38.9 Å². The van der Waals surface area contributed by atoms with Crippen LogP contribution in [0.3, 0.4) is 0 Å². The lowest BCUT2D eigenvalue weighted by Gasteiger charge is -2.08. The summed E-state index contributed by atoms with van der Waals surface area (Å²) in [7, 11) is 0. The minimum Gasteiger partial charge on any atom is -0.492 e. The molecule has 0 aliphatic carbocycles. The lowest BCUT2D eigenvalue weighted by Crippen LogP contribution is -2.12. The topological polar surface area (TPSA) is 51.2 Å². The van der Waals surface area contributed by atoms with Gasteiger partial charge in [-0.15, -0.1) is 11.3 Å². The zero-order chi connectivity index (χ0) is 18.4. The van der Waals surface area contributed by atoms with Gasteiger partial charge in [0.1, 0.15) is 5.75 Å². The summed E-state index contributed by atoms with van der Waals surface area (Å²) in [6, 6.07) is 15.3. The Balaban J connectivity index is 1.44. The summed E-state index contributed by atoms with van der Waals surface area (Å²) in [6.07, 6.45) is 0.948. The van der Waals surface area contributed by atoms with Gasteiger partial charge in [0.15, 0.2) is 5.13 Å². The number of amides is 1. The van der Waals surface area contributed by atoms with Gasteiger partial charge in [-0.05, 0) is 24.6 Å². The second kappa shape index (κ2) is 9.16. The number of hydrogen-bond acceptors (Lipinski definition) is 4.